The van der Waals surface area contributed by atoms with Crippen molar-refractivity contribution < 1.29 is 23.1 Å². The van der Waals surface area contributed by atoms with E-state index in [1.165, 1.54) is 11.1 Å². The van der Waals surface area contributed by atoms with E-state index in [4.69, 9.17) is 25.0 Å². The first-order valence-electron chi connectivity index (χ1n) is 10.8. The zero-order chi connectivity index (χ0) is 22.7. The van der Waals surface area contributed by atoms with E-state index < -0.39 is 17.4 Å². The largest absolute Gasteiger partial charge is 0.489 e. The van der Waals surface area contributed by atoms with E-state index >= 15 is 0 Å². The molecule has 8 heteroatoms. The highest BCUT2D eigenvalue weighted by Crippen LogP contribution is 2.49. The van der Waals surface area contributed by atoms with Gasteiger partial charge < -0.3 is 15.2 Å². The van der Waals surface area contributed by atoms with E-state index in [-0.39, 0.29) is 23.6 Å². The summed E-state index contributed by atoms with van der Waals surface area (Å²) in [5, 5.41) is 1.46. The lowest BCUT2D eigenvalue weighted by Crippen LogP contribution is -2.46. The number of nitrogens with zero attached hydrogens (tertiary/aromatic N) is 2. The van der Waals surface area contributed by atoms with Crippen LogP contribution in [0.2, 0.25) is 0 Å². The number of rotatable bonds is 2. The minimum absolute atomic E-state index is 0.122. The van der Waals surface area contributed by atoms with Gasteiger partial charge in [-0.25, -0.2) is 23.7 Å². The first kappa shape index (κ1) is 21.2. The van der Waals surface area contributed by atoms with Gasteiger partial charge in [0.25, 0.3) is 0 Å². The maximum Gasteiger partial charge on any atom is 0.221 e. The van der Waals surface area contributed by atoms with E-state index in [2.05, 4.69) is 13.8 Å². The number of nitrogens with two attached hydrogens (primary N) is 1. The smallest absolute Gasteiger partial charge is 0.221 e. The summed E-state index contributed by atoms with van der Waals surface area (Å²) < 4.78 is 39.6. The summed E-state index contributed by atoms with van der Waals surface area (Å²) in [6.07, 6.45) is 2.13. The number of hydrogen-bond donors (Lipinski definition) is 1. The number of fused-ring (bicyclic) bond motifs is 2. The van der Waals surface area contributed by atoms with Crippen molar-refractivity contribution in [1.82, 2.24) is 5.06 Å². The Bertz CT molecular complexity index is 1090. The summed E-state index contributed by atoms with van der Waals surface area (Å²) in [5.74, 6) is -0.564. The fraction of sp³-hybridized carbons (Fsp3) is 0.458. The standard InChI is InChI=1S/C24H27F2N3O3/c1-23(2)12-16(8-9-30-23)21-13-24(28-22(27)29(3)32-24)17-10-14(5-7-20(17)31-21)15-4-6-18(25)19(26)11-15/h4-7,10-11,16,21H,8-9,12-13H2,1-3H3,(H2,27,28)/t16?,21-,24?/m1/s1. The molecule has 0 aliphatic carbocycles. The topological polar surface area (TPSA) is 69.3 Å². The third-order valence-corrected chi connectivity index (χ3v) is 6.58. The molecule has 6 nitrogen and oxygen atoms in total. The summed E-state index contributed by atoms with van der Waals surface area (Å²) in [7, 11) is 1.72. The predicted octanol–water partition coefficient (Wildman–Crippen LogP) is 4.33. The third kappa shape index (κ3) is 3.61. The van der Waals surface area contributed by atoms with Gasteiger partial charge in [-0.15, -0.1) is 0 Å². The average Bonchev–Trinajstić information content (AvgIpc) is 3.02. The maximum absolute atomic E-state index is 13.8. The van der Waals surface area contributed by atoms with Crippen LogP contribution in [0.3, 0.4) is 0 Å². The van der Waals surface area contributed by atoms with Crippen molar-refractivity contribution in [3.63, 3.8) is 0 Å². The molecule has 3 aliphatic rings. The van der Waals surface area contributed by atoms with Crippen LogP contribution in [0.1, 0.15) is 38.7 Å². The monoisotopic (exact) mass is 443 g/mol. The molecule has 2 aromatic carbocycles. The van der Waals surface area contributed by atoms with E-state index in [1.54, 1.807) is 13.1 Å². The van der Waals surface area contributed by atoms with Gasteiger partial charge in [0.05, 0.1) is 11.2 Å². The molecule has 1 fully saturated rings. The minimum atomic E-state index is -1.03. The zero-order valence-electron chi connectivity index (χ0n) is 18.4. The molecule has 0 saturated carbocycles. The van der Waals surface area contributed by atoms with Gasteiger partial charge >= 0.3 is 0 Å². The minimum Gasteiger partial charge on any atom is -0.489 e. The number of aliphatic imine (C=N–C) groups is 1. The Kier molecular flexibility index (Phi) is 4.90. The van der Waals surface area contributed by atoms with E-state index in [0.29, 0.717) is 29.9 Å². The highest BCUT2D eigenvalue weighted by Gasteiger charge is 2.51. The van der Waals surface area contributed by atoms with Crippen LogP contribution in [0, 0.1) is 17.6 Å². The van der Waals surface area contributed by atoms with Gasteiger partial charge in [0, 0.05) is 26.0 Å². The molecule has 1 saturated heterocycles. The number of guanidine groups is 1. The average molecular weight is 443 g/mol. The molecule has 2 N–H and O–H groups in total. The predicted molar refractivity (Wildman–Crippen MR) is 116 cm³/mol. The van der Waals surface area contributed by atoms with E-state index in [1.807, 2.05) is 18.2 Å². The van der Waals surface area contributed by atoms with Crippen LogP contribution in [-0.4, -0.2) is 36.4 Å². The van der Waals surface area contributed by atoms with Crippen LogP contribution < -0.4 is 10.5 Å². The van der Waals surface area contributed by atoms with Gasteiger partial charge in [0.2, 0.25) is 11.7 Å². The second kappa shape index (κ2) is 7.42. The lowest BCUT2D eigenvalue weighted by atomic mass is 9.79. The fourth-order valence-corrected chi connectivity index (χ4v) is 4.98. The van der Waals surface area contributed by atoms with E-state index in [0.717, 1.165) is 24.5 Å². The number of hydroxylamine groups is 2. The van der Waals surface area contributed by atoms with Gasteiger partial charge in [-0.05, 0) is 62.1 Å². The van der Waals surface area contributed by atoms with Crippen molar-refractivity contribution >= 4 is 5.96 Å². The lowest BCUT2D eigenvalue weighted by Gasteiger charge is -2.44. The quantitative estimate of drug-likeness (QED) is 0.748. The molecule has 0 bridgehead atoms. The number of halogens is 2. The van der Waals surface area contributed by atoms with Gasteiger partial charge in [0.15, 0.2) is 11.6 Å². The normalized spacial score (nSPS) is 28.9. The van der Waals surface area contributed by atoms with Crippen molar-refractivity contribution in [2.75, 3.05) is 13.7 Å². The molecule has 0 amide bonds. The van der Waals surface area contributed by atoms with Gasteiger partial charge in [-0.3, -0.25) is 0 Å². The number of benzene rings is 2. The first-order valence-corrected chi connectivity index (χ1v) is 10.8. The molecule has 1 spiro atoms. The Morgan fingerprint density at radius 1 is 1.06 bits per heavy atom. The molecule has 0 aromatic heterocycles. The molecule has 3 heterocycles. The van der Waals surface area contributed by atoms with Crippen molar-refractivity contribution in [2.24, 2.45) is 16.6 Å². The SMILES string of the molecule is CN1OC2(C[C@H](C3CCOC(C)(C)C3)Oc3ccc(-c4ccc(F)c(F)c4)cc32)N=C1N. The first-order chi connectivity index (χ1) is 15.2. The van der Waals surface area contributed by atoms with Crippen LogP contribution in [0.15, 0.2) is 41.4 Å². The molecule has 2 unspecified atom stereocenters. The molecule has 5 rings (SSSR count). The molecular formula is C24H27F2N3O3. The van der Waals surface area contributed by atoms with E-state index in [9.17, 15) is 8.78 Å². The Balaban J connectivity index is 1.56. The molecular weight excluding hydrogens is 416 g/mol. The Hall–Kier alpha value is -2.71. The van der Waals surface area contributed by atoms with Crippen molar-refractivity contribution in [1.29, 1.82) is 0 Å². The summed E-state index contributed by atoms with van der Waals surface area (Å²) in [6.45, 7) is 4.87. The summed E-state index contributed by atoms with van der Waals surface area (Å²) >= 11 is 0. The Labute approximate surface area is 185 Å². The van der Waals surface area contributed by atoms with Crippen molar-refractivity contribution in [2.45, 2.75) is 50.5 Å². The highest BCUT2D eigenvalue weighted by molar-refractivity contribution is 5.79. The molecule has 0 radical (unpaired) electrons. The second-order valence-electron chi connectivity index (χ2n) is 9.40. The van der Waals surface area contributed by atoms with Crippen LogP contribution in [0.25, 0.3) is 11.1 Å². The van der Waals surface area contributed by atoms with Crippen LogP contribution in [0.4, 0.5) is 8.78 Å². The van der Waals surface area contributed by atoms with Crippen molar-refractivity contribution in [3.8, 4) is 16.9 Å². The maximum atomic E-state index is 13.8. The van der Waals surface area contributed by atoms with Crippen LogP contribution in [-0.2, 0) is 15.3 Å². The molecule has 3 atom stereocenters. The van der Waals surface area contributed by atoms with Crippen LogP contribution in [0.5, 0.6) is 5.75 Å². The molecule has 32 heavy (non-hydrogen) atoms. The number of hydrogen-bond acceptors (Lipinski definition) is 6. The van der Waals surface area contributed by atoms with Gasteiger partial charge in [-0.1, -0.05) is 12.1 Å². The molecule has 3 aliphatic heterocycles. The summed E-state index contributed by atoms with van der Waals surface area (Å²) in [6, 6.07) is 9.39. The second-order valence-corrected chi connectivity index (χ2v) is 9.40. The lowest BCUT2D eigenvalue weighted by molar-refractivity contribution is -0.198. The highest BCUT2D eigenvalue weighted by atomic mass is 19.2. The molecule has 2 aromatic rings. The summed E-state index contributed by atoms with van der Waals surface area (Å²) in [5.41, 5.74) is 6.83. The molecule has 170 valence electrons. The van der Waals surface area contributed by atoms with Gasteiger partial charge in [-0.2, -0.15) is 0 Å². The third-order valence-electron chi connectivity index (χ3n) is 6.58. The van der Waals surface area contributed by atoms with Crippen LogP contribution >= 0.6 is 0 Å². The fourth-order valence-electron chi connectivity index (χ4n) is 4.98. The Morgan fingerprint density at radius 3 is 2.50 bits per heavy atom. The summed E-state index contributed by atoms with van der Waals surface area (Å²) in [4.78, 5) is 10.9. The number of ether oxygens (including phenoxy) is 2. The van der Waals surface area contributed by atoms with Crippen molar-refractivity contribution in [3.05, 3.63) is 53.6 Å². The van der Waals surface area contributed by atoms with Gasteiger partial charge in [0.1, 0.15) is 11.9 Å². The Morgan fingerprint density at radius 2 is 1.81 bits per heavy atom. The zero-order valence-corrected chi connectivity index (χ0v) is 18.4.